The monoisotopic (exact) mass is 697 g/mol. The predicted octanol–water partition coefficient (Wildman–Crippen LogP) is 8.33. The summed E-state index contributed by atoms with van der Waals surface area (Å²) < 4.78 is 37.2. The van der Waals surface area contributed by atoms with Crippen molar-refractivity contribution in [2.24, 2.45) is 11.8 Å². The van der Waals surface area contributed by atoms with Gasteiger partial charge in [-0.15, -0.1) is 0 Å². The summed E-state index contributed by atoms with van der Waals surface area (Å²) in [6.45, 7) is 22.0. The number of rotatable bonds is 14. The lowest BCUT2D eigenvalue weighted by Gasteiger charge is -2.47. The van der Waals surface area contributed by atoms with Crippen molar-refractivity contribution in [2.75, 3.05) is 40.0 Å². The topological polar surface area (TPSA) is 92.8 Å². The van der Waals surface area contributed by atoms with Crippen LogP contribution in [0.4, 0.5) is 4.79 Å². The number of amides is 2. The average Bonchev–Trinajstić information content (AvgIpc) is 3.67. The molecule has 4 atom stereocenters. The third-order valence-corrected chi connectivity index (χ3v) is 18.2. The molecule has 48 heavy (non-hydrogen) atoms. The van der Waals surface area contributed by atoms with Crippen LogP contribution in [0.3, 0.4) is 0 Å². The molecular formula is C37H55NO8Si2. The van der Waals surface area contributed by atoms with Gasteiger partial charge in [-0.05, 0) is 51.5 Å². The Hall–Kier alpha value is -2.71. The number of imide groups is 1. The molecule has 2 amide bonds. The van der Waals surface area contributed by atoms with Crippen LogP contribution in [0.25, 0.3) is 0 Å². The van der Waals surface area contributed by atoms with Gasteiger partial charge < -0.3 is 28.1 Å². The van der Waals surface area contributed by atoms with Crippen molar-refractivity contribution in [1.29, 1.82) is 0 Å². The lowest BCUT2D eigenvalue weighted by Crippen LogP contribution is -2.52. The molecule has 9 nitrogen and oxygen atoms in total. The number of carbonyl (C=O) groups excluding carboxylic acids is 2. The second-order valence-electron chi connectivity index (χ2n) is 15.6. The summed E-state index contributed by atoms with van der Waals surface area (Å²) in [6, 6.07) is 15.1. The maximum atomic E-state index is 14.8. The molecule has 1 fully saturated rings. The average molecular weight is 698 g/mol. The highest BCUT2D eigenvalue weighted by molar-refractivity contribution is 6.77. The van der Waals surface area contributed by atoms with Crippen molar-refractivity contribution >= 4 is 28.4 Å². The largest absolute Gasteiger partial charge is 0.454 e. The lowest BCUT2D eigenvalue weighted by atomic mass is 9.64. The molecule has 0 unspecified atom stereocenters. The number of nitrogens with zero attached hydrogens (tertiary/aromatic N) is 1. The summed E-state index contributed by atoms with van der Waals surface area (Å²) >= 11 is 0. The zero-order valence-corrected chi connectivity index (χ0v) is 32.2. The molecular weight excluding hydrogens is 643 g/mol. The SMILES string of the molecule is CC(C)[Si](OC[C@H]1[C@@H](C(=O)N2CCOC2=O)[C@H](c2ccccc2)c2cc3c(cc2[C@@H]1OCOCC[Si](C)(C)C)OCO3)(C(C)C)C(C)C. The van der Waals surface area contributed by atoms with Crippen LogP contribution in [0.5, 0.6) is 11.5 Å². The van der Waals surface area contributed by atoms with Crippen LogP contribution < -0.4 is 9.47 Å². The van der Waals surface area contributed by atoms with Crippen molar-refractivity contribution < 1.29 is 37.7 Å². The molecule has 5 rings (SSSR count). The van der Waals surface area contributed by atoms with Crippen molar-refractivity contribution in [3.63, 3.8) is 0 Å². The van der Waals surface area contributed by atoms with Gasteiger partial charge in [-0.2, -0.15) is 0 Å². The van der Waals surface area contributed by atoms with Gasteiger partial charge in [-0.25, -0.2) is 9.69 Å². The van der Waals surface area contributed by atoms with Crippen molar-refractivity contribution in [1.82, 2.24) is 4.90 Å². The van der Waals surface area contributed by atoms with E-state index in [1.165, 1.54) is 4.90 Å². The van der Waals surface area contributed by atoms with Crippen LogP contribution in [-0.2, 0) is 23.4 Å². The fourth-order valence-corrected chi connectivity index (χ4v) is 14.4. The Morgan fingerprint density at radius 3 is 2.10 bits per heavy atom. The first kappa shape index (κ1) is 36.6. The molecule has 2 aromatic rings. The zero-order valence-electron chi connectivity index (χ0n) is 30.2. The molecule has 0 spiro atoms. The van der Waals surface area contributed by atoms with Crippen LogP contribution in [0.2, 0.25) is 42.3 Å². The van der Waals surface area contributed by atoms with Crippen molar-refractivity contribution in [3.05, 3.63) is 59.2 Å². The van der Waals surface area contributed by atoms with E-state index >= 15 is 0 Å². The molecule has 0 N–H and O–H groups in total. The van der Waals surface area contributed by atoms with E-state index in [1.807, 2.05) is 30.3 Å². The highest BCUT2D eigenvalue weighted by Crippen LogP contribution is 2.54. The maximum Gasteiger partial charge on any atom is 0.416 e. The molecule has 1 saturated heterocycles. The Bertz CT molecular complexity index is 1400. The van der Waals surface area contributed by atoms with Gasteiger partial charge in [0.15, 0.2) is 19.8 Å². The minimum atomic E-state index is -2.37. The molecule has 0 saturated carbocycles. The van der Waals surface area contributed by atoms with E-state index in [2.05, 4.69) is 73.3 Å². The van der Waals surface area contributed by atoms with Crippen LogP contribution in [0, 0.1) is 11.8 Å². The first-order valence-electron chi connectivity index (χ1n) is 17.6. The van der Waals surface area contributed by atoms with E-state index in [1.54, 1.807) is 0 Å². The van der Waals surface area contributed by atoms with Crippen LogP contribution >= 0.6 is 0 Å². The fraction of sp³-hybridized carbons (Fsp3) is 0.622. The Morgan fingerprint density at radius 2 is 1.54 bits per heavy atom. The molecule has 3 aliphatic rings. The lowest BCUT2D eigenvalue weighted by molar-refractivity contribution is -0.149. The number of hydrogen-bond donors (Lipinski definition) is 0. The summed E-state index contributed by atoms with van der Waals surface area (Å²) in [5.41, 5.74) is 3.85. The van der Waals surface area contributed by atoms with E-state index < -0.39 is 46.3 Å². The van der Waals surface area contributed by atoms with E-state index in [4.69, 9.17) is 28.1 Å². The molecule has 1 aliphatic carbocycles. The van der Waals surface area contributed by atoms with Gasteiger partial charge in [-0.1, -0.05) is 91.5 Å². The minimum Gasteiger partial charge on any atom is -0.454 e. The van der Waals surface area contributed by atoms with Gasteiger partial charge in [-0.3, -0.25) is 4.79 Å². The summed E-state index contributed by atoms with van der Waals surface area (Å²) in [4.78, 5) is 29.1. The third-order valence-electron chi connectivity index (χ3n) is 10.5. The van der Waals surface area contributed by atoms with Gasteiger partial charge in [0.1, 0.15) is 13.4 Å². The standard InChI is InChI=1S/C37H55NO8Si2/c1-24(2)48(25(3)4,26(5)6)46-21-30-34(36(39)38-15-16-42-37(38)40)33(27-13-11-10-12-14-27)28-19-31-32(44-23-43-31)20-29(28)35(30)45-22-41-17-18-47(7,8)9/h10-14,19-20,24-26,30,33-35H,15-18,21-23H2,1-9H3/t30-,33+,34+,35-/m0/s1. The normalized spacial score (nSPS) is 22.5. The van der Waals surface area contributed by atoms with Gasteiger partial charge in [0.05, 0.1) is 18.6 Å². The number of fused-ring (bicyclic) bond motifs is 2. The van der Waals surface area contributed by atoms with Crippen molar-refractivity contribution in [2.45, 2.75) is 95.9 Å². The molecule has 2 aliphatic heterocycles. The van der Waals surface area contributed by atoms with Gasteiger partial charge in [0, 0.05) is 33.1 Å². The van der Waals surface area contributed by atoms with Gasteiger partial charge in [0.25, 0.3) is 0 Å². The summed E-state index contributed by atoms with van der Waals surface area (Å²) in [5, 5.41) is 0. The Balaban J connectivity index is 1.66. The summed E-state index contributed by atoms with van der Waals surface area (Å²) in [6.07, 6.45) is -1.17. The molecule has 2 aromatic carbocycles. The highest BCUT2D eigenvalue weighted by atomic mass is 28.4. The Kier molecular flexibility index (Phi) is 11.5. The summed E-state index contributed by atoms with van der Waals surface area (Å²) in [5.74, 6) is -0.513. The number of carbonyl (C=O) groups is 2. The van der Waals surface area contributed by atoms with E-state index in [0.29, 0.717) is 41.3 Å². The minimum absolute atomic E-state index is 0.0727. The van der Waals surface area contributed by atoms with Gasteiger partial charge >= 0.3 is 6.09 Å². The number of ether oxygens (including phenoxy) is 5. The van der Waals surface area contributed by atoms with E-state index in [9.17, 15) is 9.59 Å². The second kappa shape index (κ2) is 15.0. The van der Waals surface area contributed by atoms with E-state index in [-0.39, 0.29) is 32.6 Å². The third kappa shape index (κ3) is 7.40. The molecule has 0 radical (unpaired) electrons. The van der Waals surface area contributed by atoms with Crippen molar-refractivity contribution in [3.8, 4) is 11.5 Å². The smallest absolute Gasteiger partial charge is 0.416 e. The first-order chi connectivity index (χ1) is 22.8. The molecule has 11 heteroatoms. The molecule has 264 valence electrons. The van der Waals surface area contributed by atoms with E-state index in [0.717, 1.165) is 22.7 Å². The Morgan fingerprint density at radius 1 is 0.917 bits per heavy atom. The zero-order chi connectivity index (χ0) is 34.8. The maximum absolute atomic E-state index is 14.8. The van der Waals surface area contributed by atoms with Crippen LogP contribution in [-0.4, -0.2) is 73.2 Å². The quantitative estimate of drug-likeness (QED) is 0.111. The van der Waals surface area contributed by atoms with Gasteiger partial charge in [0.2, 0.25) is 12.7 Å². The van der Waals surface area contributed by atoms with Crippen LogP contribution in [0.15, 0.2) is 42.5 Å². The molecule has 0 bridgehead atoms. The summed E-state index contributed by atoms with van der Waals surface area (Å²) in [7, 11) is -3.68. The first-order valence-corrected chi connectivity index (χ1v) is 23.4. The number of benzene rings is 2. The molecule has 0 aromatic heterocycles. The number of cyclic esters (lactones) is 1. The second-order valence-corrected chi connectivity index (χ2v) is 26.7. The predicted molar refractivity (Wildman–Crippen MR) is 191 cm³/mol. The fourth-order valence-electron chi connectivity index (χ4n) is 8.20. The number of hydrogen-bond acceptors (Lipinski definition) is 8. The van der Waals surface area contributed by atoms with Crippen LogP contribution in [0.1, 0.15) is 70.3 Å². The Labute approximate surface area is 288 Å². The highest BCUT2D eigenvalue weighted by Gasteiger charge is 2.53. The molecule has 2 heterocycles.